The Morgan fingerprint density at radius 2 is 1.58 bits per heavy atom. The lowest BCUT2D eigenvalue weighted by Gasteiger charge is -2.26. The van der Waals surface area contributed by atoms with Gasteiger partial charge in [-0.3, -0.25) is 4.90 Å². The summed E-state index contributed by atoms with van der Waals surface area (Å²) in [7, 11) is 0. The molecular formula is C20H26N4. The predicted octanol–water partition coefficient (Wildman–Crippen LogP) is 3.60. The van der Waals surface area contributed by atoms with Gasteiger partial charge in [-0.1, -0.05) is 48.9 Å². The minimum absolute atomic E-state index is 0.443. The number of rotatable bonds is 5. The van der Waals surface area contributed by atoms with Gasteiger partial charge in [0, 0.05) is 12.2 Å². The number of nitrogens with two attached hydrogens (primary N) is 1. The number of hydrogen-bond donors (Lipinski definition) is 2. The summed E-state index contributed by atoms with van der Waals surface area (Å²) >= 11 is 0. The molecule has 0 saturated carbocycles. The van der Waals surface area contributed by atoms with E-state index in [1.54, 1.807) is 0 Å². The molecule has 2 aromatic carbocycles. The Hall–Kier alpha value is -2.33. The molecule has 0 atom stereocenters. The summed E-state index contributed by atoms with van der Waals surface area (Å²) in [4.78, 5) is 6.95. The first-order valence-electron chi connectivity index (χ1n) is 8.72. The molecule has 0 aromatic heterocycles. The van der Waals surface area contributed by atoms with Crippen LogP contribution in [0.1, 0.15) is 30.4 Å². The second kappa shape index (κ2) is 8.50. The molecule has 4 nitrogen and oxygen atoms in total. The van der Waals surface area contributed by atoms with Gasteiger partial charge in [0.1, 0.15) is 0 Å². The van der Waals surface area contributed by atoms with E-state index in [1.165, 1.54) is 43.5 Å². The highest BCUT2D eigenvalue weighted by atomic mass is 15.1. The van der Waals surface area contributed by atoms with E-state index in [0.29, 0.717) is 12.5 Å². The van der Waals surface area contributed by atoms with E-state index < -0.39 is 0 Å². The smallest absolute Gasteiger partial charge is 0.193 e. The fraction of sp³-hybridized carbons (Fsp3) is 0.350. The summed E-state index contributed by atoms with van der Waals surface area (Å²) in [6.07, 6.45) is 4.05. The number of nitrogens with zero attached hydrogens (tertiary/aromatic N) is 2. The number of benzene rings is 2. The maximum absolute atomic E-state index is 5.94. The number of hydrogen-bond acceptors (Lipinski definition) is 2. The molecule has 0 radical (unpaired) electrons. The Kier molecular flexibility index (Phi) is 5.85. The van der Waals surface area contributed by atoms with Crippen molar-refractivity contribution < 1.29 is 0 Å². The first kappa shape index (κ1) is 16.5. The fourth-order valence-corrected chi connectivity index (χ4v) is 3.01. The Morgan fingerprint density at radius 1 is 0.917 bits per heavy atom. The monoisotopic (exact) mass is 322 g/mol. The number of nitrogens with one attached hydrogen (secondary N) is 1. The lowest BCUT2D eigenvalue weighted by atomic mass is 10.1. The number of para-hydroxylation sites is 1. The highest BCUT2D eigenvalue weighted by Gasteiger charge is 2.10. The van der Waals surface area contributed by atoms with Crippen LogP contribution >= 0.6 is 0 Å². The third kappa shape index (κ3) is 5.10. The Morgan fingerprint density at radius 3 is 2.29 bits per heavy atom. The predicted molar refractivity (Wildman–Crippen MR) is 101 cm³/mol. The second-order valence-corrected chi connectivity index (χ2v) is 6.35. The van der Waals surface area contributed by atoms with Crippen molar-refractivity contribution in [1.29, 1.82) is 0 Å². The van der Waals surface area contributed by atoms with Crippen molar-refractivity contribution in [3.8, 4) is 0 Å². The summed E-state index contributed by atoms with van der Waals surface area (Å²) in [5.41, 5.74) is 9.44. The van der Waals surface area contributed by atoms with Crippen LogP contribution in [0, 0.1) is 0 Å². The zero-order valence-electron chi connectivity index (χ0n) is 14.1. The molecule has 0 unspecified atom stereocenters. The highest BCUT2D eigenvalue weighted by Crippen LogP contribution is 2.14. The maximum atomic E-state index is 5.94. The molecule has 0 amide bonds. The van der Waals surface area contributed by atoms with Crippen molar-refractivity contribution in [2.24, 2.45) is 10.7 Å². The normalized spacial score (nSPS) is 16.1. The minimum Gasteiger partial charge on any atom is -0.370 e. The van der Waals surface area contributed by atoms with Crippen LogP contribution in [0.15, 0.2) is 59.6 Å². The lowest BCUT2D eigenvalue weighted by Crippen LogP contribution is -2.29. The maximum Gasteiger partial charge on any atom is 0.193 e. The van der Waals surface area contributed by atoms with Crippen molar-refractivity contribution in [2.75, 3.05) is 18.4 Å². The van der Waals surface area contributed by atoms with E-state index in [-0.39, 0.29) is 0 Å². The molecule has 1 saturated heterocycles. The average Bonchev–Trinajstić information content (AvgIpc) is 2.63. The van der Waals surface area contributed by atoms with Gasteiger partial charge in [-0.05, 0) is 49.2 Å². The van der Waals surface area contributed by atoms with Gasteiger partial charge < -0.3 is 11.1 Å². The van der Waals surface area contributed by atoms with Crippen molar-refractivity contribution in [3.63, 3.8) is 0 Å². The number of anilines is 1. The molecule has 1 aliphatic rings. The first-order valence-corrected chi connectivity index (χ1v) is 8.72. The molecule has 3 rings (SSSR count). The van der Waals surface area contributed by atoms with Gasteiger partial charge in [-0.2, -0.15) is 0 Å². The molecule has 1 heterocycles. The van der Waals surface area contributed by atoms with Crippen molar-refractivity contribution >= 4 is 11.6 Å². The van der Waals surface area contributed by atoms with Gasteiger partial charge in [0.2, 0.25) is 0 Å². The molecule has 1 aliphatic heterocycles. The quantitative estimate of drug-likeness (QED) is 0.653. The number of likely N-dealkylation sites (tertiary alicyclic amines) is 1. The molecule has 2 aromatic rings. The van der Waals surface area contributed by atoms with Crippen LogP contribution in [0.4, 0.5) is 5.69 Å². The number of guanidine groups is 1. The van der Waals surface area contributed by atoms with E-state index in [1.807, 2.05) is 30.3 Å². The van der Waals surface area contributed by atoms with Crippen molar-refractivity contribution in [1.82, 2.24) is 4.90 Å². The van der Waals surface area contributed by atoms with Gasteiger partial charge >= 0.3 is 0 Å². The average molecular weight is 322 g/mol. The topological polar surface area (TPSA) is 53.6 Å². The fourth-order valence-electron chi connectivity index (χ4n) is 3.01. The first-order chi connectivity index (χ1) is 11.8. The van der Waals surface area contributed by atoms with Crippen LogP contribution in [0.5, 0.6) is 0 Å². The van der Waals surface area contributed by atoms with Crippen LogP contribution in [0.2, 0.25) is 0 Å². The Labute approximate surface area is 144 Å². The van der Waals surface area contributed by atoms with Gasteiger partial charge in [0.05, 0.1) is 6.54 Å². The zero-order chi connectivity index (χ0) is 16.6. The van der Waals surface area contributed by atoms with Crippen molar-refractivity contribution in [3.05, 3.63) is 65.7 Å². The van der Waals surface area contributed by atoms with Crippen LogP contribution in [-0.4, -0.2) is 23.9 Å². The van der Waals surface area contributed by atoms with Crippen LogP contribution in [0.3, 0.4) is 0 Å². The van der Waals surface area contributed by atoms with E-state index in [4.69, 9.17) is 5.73 Å². The summed E-state index contributed by atoms with van der Waals surface area (Å²) in [5, 5.41) is 3.10. The molecule has 1 fully saturated rings. The van der Waals surface area contributed by atoms with E-state index in [2.05, 4.69) is 39.5 Å². The largest absolute Gasteiger partial charge is 0.370 e. The summed E-state index contributed by atoms with van der Waals surface area (Å²) in [6.45, 7) is 4.11. The molecule has 24 heavy (non-hydrogen) atoms. The van der Waals surface area contributed by atoms with E-state index in [9.17, 15) is 0 Å². The highest BCUT2D eigenvalue weighted by molar-refractivity contribution is 5.92. The Bertz CT molecular complexity index is 643. The zero-order valence-corrected chi connectivity index (χ0v) is 14.1. The van der Waals surface area contributed by atoms with Crippen LogP contribution in [-0.2, 0) is 13.1 Å². The molecule has 0 aliphatic carbocycles. The van der Waals surface area contributed by atoms with Crippen LogP contribution < -0.4 is 11.1 Å². The Balaban J connectivity index is 1.51. The molecule has 126 valence electrons. The van der Waals surface area contributed by atoms with Crippen molar-refractivity contribution in [2.45, 2.75) is 32.4 Å². The SMILES string of the molecule is NC(=NCc1ccc(CN2CCCCC2)cc1)Nc1ccccc1. The molecule has 0 spiro atoms. The summed E-state index contributed by atoms with van der Waals surface area (Å²) in [5.74, 6) is 0.443. The minimum atomic E-state index is 0.443. The summed E-state index contributed by atoms with van der Waals surface area (Å²) < 4.78 is 0. The van der Waals surface area contributed by atoms with Gasteiger partial charge in [0.15, 0.2) is 5.96 Å². The third-order valence-corrected chi connectivity index (χ3v) is 4.36. The van der Waals surface area contributed by atoms with Gasteiger partial charge in [-0.15, -0.1) is 0 Å². The third-order valence-electron chi connectivity index (χ3n) is 4.36. The van der Waals surface area contributed by atoms with E-state index >= 15 is 0 Å². The van der Waals surface area contributed by atoms with E-state index in [0.717, 1.165) is 12.2 Å². The molecule has 0 bridgehead atoms. The lowest BCUT2D eigenvalue weighted by molar-refractivity contribution is 0.221. The second-order valence-electron chi connectivity index (χ2n) is 6.35. The number of piperidine rings is 1. The standard InChI is InChI=1S/C20H26N4/c21-20(23-19-7-3-1-4-8-19)22-15-17-9-11-18(12-10-17)16-24-13-5-2-6-14-24/h1,3-4,7-12H,2,5-6,13-16H2,(H3,21,22,23). The summed E-state index contributed by atoms with van der Waals surface area (Å²) in [6, 6.07) is 18.6. The van der Waals surface area contributed by atoms with Gasteiger partial charge in [-0.25, -0.2) is 4.99 Å². The van der Waals surface area contributed by atoms with Crippen LogP contribution in [0.25, 0.3) is 0 Å². The molecule has 4 heteroatoms. The molecule has 3 N–H and O–H groups in total. The molecular weight excluding hydrogens is 296 g/mol. The number of aliphatic imine (C=N–C) groups is 1. The van der Waals surface area contributed by atoms with Gasteiger partial charge in [0.25, 0.3) is 0 Å².